The number of carbonyl (C=O) groups excluding carboxylic acids is 1. The first kappa shape index (κ1) is 25.7. The first-order valence-corrected chi connectivity index (χ1v) is 13.5. The predicted molar refractivity (Wildman–Crippen MR) is 142 cm³/mol. The zero-order valence-corrected chi connectivity index (χ0v) is 23.6. The van der Waals surface area contributed by atoms with Crippen molar-refractivity contribution in [1.82, 2.24) is 9.80 Å². The normalized spacial score (nSPS) is 19.1. The molecule has 0 radical (unpaired) electrons. The molecule has 5 nitrogen and oxygen atoms in total. The standard InChI is InChI=1S/C27H34Br2N2O3/c1-19(22-13-23(28)15-24(29)14-22)33-18-27(16-20-7-5-6-8-21(20)17-27)31-11-9-30(10-12-31)25(32)34-26(2,3)4/h5-8,13-15,19H,9-12,16-18H2,1-4H3/t19-/m0/s1. The van der Waals surface area contributed by atoms with Gasteiger partial charge in [0.15, 0.2) is 0 Å². The molecule has 184 valence electrons. The number of rotatable bonds is 5. The van der Waals surface area contributed by atoms with Gasteiger partial charge in [0, 0.05) is 35.1 Å². The lowest BCUT2D eigenvalue weighted by Crippen LogP contribution is -2.60. The van der Waals surface area contributed by atoms with Crippen LogP contribution in [0.15, 0.2) is 51.4 Å². The highest BCUT2D eigenvalue weighted by Gasteiger charge is 2.44. The van der Waals surface area contributed by atoms with E-state index in [4.69, 9.17) is 9.47 Å². The molecule has 0 spiro atoms. The van der Waals surface area contributed by atoms with Crippen molar-refractivity contribution < 1.29 is 14.3 Å². The summed E-state index contributed by atoms with van der Waals surface area (Å²) in [5.41, 5.74) is 3.36. The van der Waals surface area contributed by atoms with Crippen molar-refractivity contribution in [3.8, 4) is 0 Å². The molecule has 1 heterocycles. The number of benzene rings is 2. The van der Waals surface area contributed by atoms with Crippen molar-refractivity contribution in [1.29, 1.82) is 0 Å². The van der Waals surface area contributed by atoms with E-state index in [1.165, 1.54) is 11.1 Å². The van der Waals surface area contributed by atoms with Crippen LogP contribution in [0.3, 0.4) is 0 Å². The summed E-state index contributed by atoms with van der Waals surface area (Å²) in [6.45, 7) is 11.4. The van der Waals surface area contributed by atoms with Crippen LogP contribution in [0.4, 0.5) is 4.79 Å². The highest BCUT2D eigenvalue weighted by Crippen LogP contribution is 2.37. The molecule has 1 atom stereocenters. The second-order valence-corrected chi connectivity index (χ2v) is 12.3. The second-order valence-electron chi connectivity index (χ2n) is 10.5. The Morgan fingerprint density at radius 3 is 2.09 bits per heavy atom. The van der Waals surface area contributed by atoms with E-state index in [2.05, 4.69) is 80.1 Å². The van der Waals surface area contributed by atoms with Crippen LogP contribution in [-0.2, 0) is 22.3 Å². The molecule has 1 amide bonds. The average molecular weight is 594 g/mol. The van der Waals surface area contributed by atoms with Gasteiger partial charge in [0.05, 0.1) is 18.2 Å². The van der Waals surface area contributed by atoms with Gasteiger partial charge < -0.3 is 14.4 Å². The Morgan fingerprint density at radius 1 is 1.00 bits per heavy atom. The number of hydrogen-bond donors (Lipinski definition) is 0. The Labute approximate surface area is 220 Å². The zero-order valence-electron chi connectivity index (χ0n) is 20.4. The summed E-state index contributed by atoms with van der Waals surface area (Å²) in [6, 6.07) is 15.0. The minimum atomic E-state index is -0.478. The van der Waals surface area contributed by atoms with Crippen molar-refractivity contribution in [2.75, 3.05) is 32.8 Å². The molecule has 0 saturated carbocycles. The Kier molecular flexibility index (Phi) is 7.77. The third-order valence-corrected chi connectivity index (χ3v) is 7.63. The molecule has 2 aromatic rings. The summed E-state index contributed by atoms with van der Waals surface area (Å²) in [4.78, 5) is 17.0. The van der Waals surface area contributed by atoms with Gasteiger partial charge in [0.25, 0.3) is 0 Å². The summed E-state index contributed by atoms with van der Waals surface area (Å²) < 4.78 is 14.2. The van der Waals surface area contributed by atoms with Crippen LogP contribution in [0.25, 0.3) is 0 Å². The second kappa shape index (κ2) is 10.3. The molecule has 1 fully saturated rings. The summed E-state index contributed by atoms with van der Waals surface area (Å²) in [6.07, 6.45) is 1.67. The number of nitrogens with zero attached hydrogens (tertiary/aromatic N) is 2. The number of halogens is 2. The van der Waals surface area contributed by atoms with Gasteiger partial charge in [-0.3, -0.25) is 4.90 Å². The fourth-order valence-electron chi connectivity index (χ4n) is 4.97. The van der Waals surface area contributed by atoms with Crippen LogP contribution in [0.5, 0.6) is 0 Å². The van der Waals surface area contributed by atoms with Crippen LogP contribution < -0.4 is 0 Å². The maximum absolute atomic E-state index is 12.6. The Bertz CT molecular complexity index is 984. The van der Waals surface area contributed by atoms with E-state index in [0.29, 0.717) is 19.7 Å². The third kappa shape index (κ3) is 6.04. The highest BCUT2D eigenvalue weighted by molar-refractivity contribution is 9.11. The lowest BCUT2D eigenvalue weighted by molar-refractivity contribution is -0.0522. The molecule has 0 aromatic heterocycles. The van der Waals surface area contributed by atoms with Gasteiger partial charge in [0.2, 0.25) is 0 Å². The van der Waals surface area contributed by atoms with Gasteiger partial charge in [0.1, 0.15) is 5.60 Å². The summed E-state index contributed by atoms with van der Waals surface area (Å²) in [5, 5.41) is 0. The van der Waals surface area contributed by atoms with Gasteiger partial charge in [-0.05, 0) is 75.4 Å². The zero-order chi connectivity index (χ0) is 24.5. The van der Waals surface area contributed by atoms with Crippen molar-refractivity contribution in [3.63, 3.8) is 0 Å². The van der Waals surface area contributed by atoms with E-state index >= 15 is 0 Å². The molecule has 1 aliphatic carbocycles. The van der Waals surface area contributed by atoms with E-state index in [-0.39, 0.29) is 17.7 Å². The van der Waals surface area contributed by atoms with Gasteiger partial charge >= 0.3 is 6.09 Å². The molecule has 1 saturated heterocycles. The van der Waals surface area contributed by atoms with Crippen LogP contribution in [0.1, 0.15) is 50.5 Å². The lowest BCUT2D eigenvalue weighted by Gasteiger charge is -2.46. The molecule has 7 heteroatoms. The maximum atomic E-state index is 12.6. The summed E-state index contributed by atoms with van der Waals surface area (Å²) in [7, 11) is 0. The molecule has 2 aliphatic rings. The largest absolute Gasteiger partial charge is 0.444 e. The van der Waals surface area contributed by atoms with Gasteiger partial charge in [-0.1, -0.05) is 56.1 Å². The smallest absolute Gasteiger partial charge is 0.410 e. The van der Waals surface area contributed by atoms with Crippen molar-refractivity contribution in [3.05, 3.63) is 68.1 Å². The third-order valence-electron chi connectivity index (χ3n) is 6.72. The number of fused-ring (bicyclic) bond motifs is 1. The van der Waals surface area contributed by atoms with Crippen LogP contribution in [-0.4, -0.2) is 59.8 Å². The average Bonchev–Trinajstić information content (AvgIpc) is 3.15. The lowest BCUT2D eigenvalue weighted by atomic mass is 9.93. The van der Waals surface area contributed by atoms with E-state index < -0.39 is 5.60 Å². The molecule has 1 aliphatic heterocycles. The quantitative estimate of drug-likeness (QED) is 0.403. The Morgan fingerprint density at radius 2 is 1.56 bits per heavy atom. The molecular formula is C27H34Br2N2O3. The fourth-order valence-corrected chi connectivity index (χ4v) is 6.30. The Hall–Kier alpha value is -1.41. The van der Waals surface area contributed by atoms with E-state index in [1.807, 2.05) is 31.7 Å². The van der Waals surface area contributed by atoms with Gasteiger partial charge in [-0.15, -0.1) is 0 Å². The van der Waals surface area contributed by atoms with E-state index in [1.54, 1.807) is 0 Å². The van der Waals surface area contributed by atoms with Crippen LogP contribution >= 0.6 is 31.9 Å². The molecule has 0 unspecified atom stereocenters. The summed E-state index contributed by atoms with van der Waals surface area (Å²) >= 11 is 7.18. The summed E-state index contributed by atoms with van der Waals surface area (Å²) in [5.74, 6) is 0. The van der Waals surface area contributed by atoms with Crippen molar-refractivity contribution in [2.24, 2.45) is 0 Å². The van der Waals surface area contributed by atoms with Gasteiger partial charge in [-0.25, -0.2) is 4.79 Å². The van der Waals surface area contributed by atoms with Gasteiger partial charge in [-0.2, -0.15) is 0 Å². The number of ether oxygens (including phenoxy) is 2. The molecule has 34 heavy (non-hydrogen) atoms. The van der Waals surface area contributed by atoms with E-state index in [0.717, 1.165) is 40.4 Å². The Balaban J connectivity index is 1.48. The van der Waals surface area contributed by atoms with Crippen molar-refractivity contribution in [2.45, 2.75) is 57.8 Å². The fraction of sp³-hybridized carbons (Fsp3) is 0.519. The minimum absolute atomic E-state index is 0.0301. The van der Waals surface area contributed by atoms with Crippen LogP contribution in [0, 0.1) is 0 Å². The minimum Gasteiger partial charge on any atom is -0.444 e. The number of hydrogen-bond acceptors (Lipinski definition) is 4. The monoisotopic (exact) mass is 592 g/mol. The van der Waals surface area contributed by atoms with E-state index in [9.17, 15) is 4.79 Å². The first-order valence-electron chi connectivity index (χ1n) is 11.9. The van der Waals surface area contributed by atoms with Crippen LogP contribution in [0.2, 0.25) is 0 Å². The number of amides is 1. The number of piperazine rings is 1. The topological polar surface area (TPSA) is 42.0 Å². The maximum Gasteiger partial charge on any atom is 0.410 e. The molecular weight excluding hydrogens is 560 g/mol. The molecule has 0 bridgehead atoms. The highest BCUT2D eigenvalue weighted by atomic mass is 79.9. The molecule has 4 rings (SSSR count). The van der Waals surface area contributed by atoms with Crippen molar-refractivity contribution >= 4 is 38.0 Å². The first-order chi connectivity index (χ1) is 16.0. The molecule has 0 N–H and O–H groups in total. The molecule has 2 aromatic carbocycles. The number of carbonyl (C=O) groups is 1. The SMILES string of the molecule is C[C@H](OCC1(N2CCN(C(=O)OC(C)(C)C)CC2)Cc2ccccc2C1)c1cc(Br)cc(Br)c1. The predicted octanol–water partition coefficient (Wildman–Crippen LogP) is 6.38.